The number of nitrogens with zero attached hydrogens (tertiary/aromatic N) is 2. The Morgan fingerprint density at radius 3 is 2.44 bits per heavy atom. The van der Waals surface area contributed by atoms with E-state index < -0.39 is 5.97 Å². The van der Waals surface area contributed by atoms with Crippen LogP contribution >= 0.6 is 0 Å². The lowest BCUT2D eigenvalue weighted by Gasteiger charge is -2.35. The molecular formula is C33H40N2O6. The maximum atomic E-state index is 12.7. The summed E-state index contributed by atoms with van der Waals surface area (Å²) in [6.07, 6.45) is 3.40. The van der Waals surface area contributed by atoms with Gasteiger partial charge in [0.15, 0.2) is 0 Å². The van der Waals surface area contributed by atoms with Gasteiger partial charge in [-0.1, -0.05) is 41.2 Å². The summed E-state index contributed by atoms with van der Waals surface area (Å²) < 4.78 is 22.1. The van der Waals surface area contributed by atoms with E-state index in [1.54, 1.807) is 7.11 Å². The molecule has 1 saturated heterocycles. The minimum absolute atomic E-state index is 0.146. The molecule has 0 aromatic heterocycles. The number of carbonyl (C=O) groups is 2. The van der Waals surface area contributed by atoms with Gasteiger partial charge < -0.3 is 23.8 Å². The predicted octanol–water partition coefficient (Wildman–Crippen LogP) is 4.63. The lowest BCUT2D eigenvalue weighted by atomic mass is 9.94. The maximum absolute atomic E-state index is 12.7. The van der Waals surface area contributed by atoms with E-state index in [2.05, 4.69) is 52.8 Å². The van der Waals surface area contributed by atoms with Gasteiger partial charge in [-0.25, -0.2) is 4.79 Å². The molecule has 8 heteroatoms. The normalized spacial score (nSPS) is 15.1. The Morgan fingerprint density at radius 1 is 1.02 bits per heavy atom. The smallest absolute Gasteiger partial charge is 0.342 e. The molecule has 2 aromatic carbocycles. The molecule has 0 radical (unpaired) electrons. The fourth-order valence-electron chi connectivity index (χ4n) is 5.20. The average Bonchev–Trinajstić information content (AvgIpc) is 3.38. The maximum Gasteiger partial charge on any atom is 0.342 e. The van der Waals surface area contributed by atoms with E-state index in [9.17, 15) is 9.59 Å². The van der Waals surface area contributed by atoms with Gasteiger partial charge in [0.25, 0.3) is 0 Å². The number of esters is 2. The zero-order valence-corrected chi connectivity index (χ0v) is 24.8. The van der Waals surface area contributed by atoms with E-state index in [4.69, 9.17) is 18.9 Å². The van der Waals surface area contributed by atoms with E-state index in [-0.39, 0.29) is 19.2 Å². The van der Waals surface area contributed by atoms with Crippen LogP contribution in [0.2, 0.25) is 0 Å². The first-order valence-corrected chi connectivity index (χ1v) is 14.1. The molecule has 0 atom stereocenters. The third-order valence-corrected chi connectivity index (χ3v) is 7.72. The van der Waals surface area contributed by atoms with Crippen molar-refractivity contribution in [3.05, 3.63) is 63.7 Å². The molecule has 2 aliphatic rings. The second kappa shape index (κ2) is 14.1. The minimum atomic E-state index is -0.396. The number of fused-ring (bicyclic) bond motifs is 1. The summed E-state index contributed by atoms with van der Waals surface area (Å²) in [6.45, 7) is 10.8. The van der Waals surface area contributed by atoms with Crippen molar-refractivity contribution in [1.82, 2.24) is 4.90 Å². The third kappa shape index (κ3) is 7.42. The molecule has 0 saturated carbocycles. The number of methoxy groups -OCH3 is 2. The summed E-state index contributed by atoms with van der Waals surface area (Å²) in [5.74, 6) is 6.86. The lowest BCUT2D eigenvalue weighted by molar-refractivity contribution is -0.140. The predicted molar refractivity (Wildman–Crippen MR) is 159 cm³/mol. The van der Waals surface area contributed by atoms with Crippen molar-refractivity contribution < 1.29 is 28.5 Å². The Labute approximate surface area is 243 Å². The van der Waals surface area contributed by atoms with Crippen molar-refractivity contribution >= 4 is 17.6 Å². The van der Waals surface area contributed by atoms with Gasteiger partial charge in [0.2, 0.25) is 0 Å². The number of allylic oxidation sites excluding steroid dienone is 2. The number of benzene rings is 2. The molecule has 4 rings (SSSR count). The largest absolute Gasteiger partial charge is 0.496 e. The van der Waals surface area contributed by atoms with E-state index in [0.717, 1.165) is 48.4 Å². The molecule has 2 heterocycles. The van der Waals surface area contributed by atoms with Crippen LogP contribution in [-0.4, -0.2) is 70.4 Å². The molecule has 0 N–H and O–H groups in total. The lowest BCUT2D eigenvalue weighted by Crippen LogP contribution is -2.46. The Morgan fingerprint density at radius 2 is 1.76 bits per heavy atom. The molecular weight excluding hydrogens is 520 g/mol. The van der Waals surface area contributed by atoms with Gasteiger partial charge in [-0.05, 0) is 51.3 Å². The standard InChI is InChI=1S/C33H40N2O6/c1-23-8-12-26(13-9-23)35-19-17-34(18-20-35)16-6-7-21-40-32-27(14-10-24(2)11-15-29(36)38-4)31(39-5)25(3)28-22-41-33(37)30(28)32/h8-10,12-13H,11,14-22H2,1-5H3/b24-10+. The van der Waals surface area contributed by atoms with Crippen LogP contribution in [0.5, 0.6) is 11.5 Å². The second-order valence-corrected chi connectivity index (χ2v) is 10.5. The van der Waals surface area contributed by atoms with Gasteiger partial charge in [-0.3, -0.25) is 9.69 Å². The fourth-order valence-corrected chi connectivity index (χ4v) is 5.20. The van der Waals surface area contributed by atoms with Crippen LogP contribution in [0.1, 0.15) is 52.4 Å². The van der Waals surface area contributed by atoms with Crippen molar-refractivity contribution in [3.63, 3.8) is 0 Å². The average molecular weight is 561 g/mol. The van der Waals surface area contributed by atoms with Crippen molar-refractivity contribution in [2.24, 2.45) is 0 Å². The van der Waals surface area contributed by atoms with Crippen molar-refractivity contribution in [1.29, 1.82) is 0 Å². The number of anilines is 1. The van der Waals surface area contributed by atoms with Crippen LogP contribution in [0.15, 0.2) is 35.9 Å². The van der Waals surface area contributed by atoms with E-state index >= 15 is 0 Å². The monoisotopic (exact) mass is 560 g/mol. The second-order valence-electron chi connectivity index (χ2n) is 10.5. The highest BCUT2D eigenvalue weighted by Crippen LogP contribution is 2.42. The Bertz CT molecular complexity index is 1340. The van der Waals surface area contributed by atoms with Gasteiger partial charge in [-0.2, -0.15) is 0 Å². The Hall–Kier alpha value is -3.96. The SMILES string of the molecule is COC(=O)CC/C(C)=C/Cc1c(OC)c(C)c2c(c1OCC#CCN1CCN(c3ccc(C)cc3)CC1)C(=O)OC2. The molecule has 0 aliphatic carbocycles. The topological polar surface area (TPSA) is 77.5 Å². The first-order chi connectivity index (χ1) is 19.8. The summed E-state index contributed by atoms with van der Waals surface area (Å²) in [5, 5.41) is 0. The molecule has 1 fully saturated rings. The van der Waals surface area contributed by atoms with Crippen molar-refractivity contribution in [3.8, 4) is 23.3 Å². The van der Waals surface area contributed by atoms with E-state index in [1.807, 2.05) is 19.9 Å². The van der Waals surface area contributed by atoms with Crippen LogP contribution in [0, 0.1) is 25.7 Å². The fraction of sp³-hybridized carbons (Fsp3) is 0.455. The van der Waals surface area contributed by atoms with Crippen molar-refractivity contribution in [2.75, 3.05) is 58.5 Å². The highest BCUT2D eigenvalue weighted by Gasteiger charge is 2.33. The highest BCUT2D eigenvalue weighted by molar-refractivity contribution is 5.98. The third-order valence-electron chi connectivity index (χ3n) is 7.72. The summed E-state index contributed by atoms with van der Waals surface area (Å²) in [4.78, 5) is 29.0. The summed E-state index contributed by atoms with van der Waals surface area (Å²) in [5.41, 5.74) is 6.45. The number of piperazine rings is 1. The minimum Gasteiger partial charge on any atom is -0.496 e. The van der Waals surface area contributed by atoms with Crippen LogP contribution in [0.4, 0.5) is 5.69 Å². The zero-order chi connectivity index (χ0) is 29.4. The molecule has 0 amide bonds. The molecule has 2 aliphatic heterocycles. The summed E-state index contributed by atoms with van der Waals surface area (Å²) >= 11 is 0. The summed E-state index contributed by atoms with van der Waals surface area (Å²) in [7, 11) is 3.00. The van der Waals surface area contributed by atoms with Crippen LogP contribution in [0.25, 0.3) is 0 Å². The van der Waals surface area contributed by atoms with Gasteiger partial charge in [0.05, 0.1) is 20.8 Å². The quantitative estimate of drug-likeness (QED) is 0.237. The van der Waals surface area contributed by atoms with Crippen LogP contribution in [0.3, 0.4) is 0 Å². The van der Waals surface area contributed by atoms with Crippen LogP contribution < -0.4 is 14.4 Å². The number of aryl methyl sites for hydroxylation is 1. The highest BCUT2D eigenvalue weighted by atomic mass is 16.5. The molecule has 0 spiro atoms. The zero-order valence-electron chi connectivity index (χ0n) is 24.8. The number of cyclic esters (lactones) is 1. The van der Waals surface area contributed by atoms with Gasteiger partial charge in [-0.15, -0.1) is 0 Å². The molecule has 8 nitrogen and oxygen atoms in total. The molecule has 218 valence electrons. The van der Waals surface area contributed by atoms with Crippen LogP contribution in [-0.2, 0) is 27.3 Å². The van der Waals surface area contributed by atoms with Gasteiger partial charge >= 0.3 is 11.9 Å². The molecule has 0 bridgehead atoms. The number of ether oxygens (including phenoxy) is 4. The molecule has 0 unspecified atom stereocenters. The number of carbonyl (C=O) groups excluding carboxylic acids is 2. The number of rotatable bonds is 10. The summed E-state index contributed by atoms with van der Waals surface area (Å²) in [6, 6.07) is 8.67. The Balaban J connectivity index is 1.42. The first kappa shape index (κ1) is 30.0. The molecule has 41 heavy (non-hydrogen) atoms. The van der Waals surface area contributed by atoms with E-state index in [0.29, 0.717) is 42.9 Å². The number of hydrogen-bond acceptors (Lipinski definition) is 8. The van der Waals surface area contributed by atoms with Gasteiger partial charge in [0, 0.05) is 49.4 Å². The first-order valence-electron chi connectivity index (χ1n) is 14.1. The van der Waals surface area contributed by atoms with Gasteiger partial charge in [0.1, 0.15) is 30.3 Å². The van der Waals surface area contributed by atoms with E-state index in [1.165, 1.54) is 18.4 Å². The van der Waals surface area contributed by atoms with Crippen molar-refractivity contribution in [2.45, 2.75) is 46.6 Å². The number of hydrogen-bond donors (Lipinski definition) is 0. The Kier molecular flexibility index (Phi) is 10.3. The molecule has 2 aromatic rings.